The van der Waals surface area contributed by atoms with Gasteiger partial charge in [0.25, 0.3) is 0 Å². The van der Waals surface area contributed by atoms with Gasteiger partial charge in [-0.3, -0.25) is 4.90 Å². The van der Waals surface area contributed by atoms with Gasteiger partial charge >= 0.3 is 0 Å². The Bertz CT molecular complexity index is 312. The molecule has 3 heteroatoms. The number of halogens is 1. The summed E-state index contributed by atoms with van der Waals surface area (Å²) in [6.07, 6.45) is 1.08. The summed E-state index contributed by atoms with van der Waals surface area (Å²) in [5.41, 5.74) is 6.44. The van der Waals surface area contributed by atoms with Crippen molar-refractivity contribution in [3.63, 3.8) is 0 Å². The van der Waals surface area contributed by atoms with Gasteiger partial charge in [0.05, 0.1) is 5.69 Å². The van der Waals surface area contributed by atoms with Crippen LogP contribution in [0.4, 0.5) is 10.1 Å². The molecule has 0 unspecified atom stereocenters. The van der Waals surface area contributed by atoms with E-state index < -0.39 is 0 Å². The SMILES string of the molecule is CCCN(CC)Cc1cccc(N)c1F. The molecule has 0 heterocycles. The van der Waals surface area contributed by atoms with Crippen molar-refractivity contribution in [2.24, 2.45) is 0 Å². The van der Waals surface area contributed by atoms with Crippen molar-refractivity contribution in [2.45, 2.75) is 26.8 Å². The van der Waals surface area contributed by atoms with Crippen LogP contribution in [0.15, 0.2) is 18.2 Å². The first-order valence-corrected chi connectivity index (χ1v) is 5.44. The van der Waals surface area contributed by atoms with Crippen LogP contribution in [-0.4, -0.2) is 18.0 Å². The number of nitrogens with two attached hydrogens (primary N) is 1. The van der Waals surface area contributed by atoms with Gasteiger partial charge in [0, 0.05) is 12.1 Å². The van der Waals surface area contributed by atoms with E-state index in [-0.39, 0.29) is 11.5 Å². The zero-order chi connectivity index (χ0) is 11.3. The van der Waals surface area contributed by atoms with Gasteiger partial charge in [-0.15, -0.1) is 0 Å². The number of nitrogen functional groups attached to an aromatic ring is 1. The Kier molecular flexibility index (Phi) is 4.56. The van der Waals surface area contributed by atoms with E-state index >= 15 is 0 Å². The summed E-state index contributed by atoms with van der Waals surface area (Å²) in [7, 11) is 0. The molecule has 0 saturated heterocycles. The fourth-order valence-corrected chi connectivity index (χ4v) is 1.63. The molecular formula is C12H19FN2. The van der Waals surface area contributed by atoms with Crippen molar-refractivity contribution < 1.29 is 4.39 Å². The molecule has 2 N–H and O–H groups in total. The molecule has 0 bridgehead atoms. The average molecular weight is 210 g/mol. The second-order valence-electron chi connectivity index (χ2n) is 3.69. The smallest absolute Gasteiger partial charge is 0.150 e. The van der Waals surface area contributed by atoms with Gasteiger partial charge in [-0.05, 0) is 25.6 Å². The Morgan fingerprint density at radius 1 is 1.33 bits per heavy atom. The first-order valence-electron chi connectivity index (χ1n) is 5.44. The maximum atomic E-state index is 13.6. The van der Waals surface area contributed by atoms with E-state index in [9.17, 15) is 4.39 Å². The highest BCUT2D eigenvalue weighted by Crippen LogP contribution is 2.16. The van der Waals surface area contributed by atoms with Gasteiger partial charge < -0.3 is 5.73 Å². The van der Waals surface area contributed by atoms with Crippen LogP contribution in [0.3, 0.4) is 0 Å². The molecule has 1 aromatic carbocycles. The summed E-state index contributed by atoms with van der Waals surface area (Å²) in [5.74, 6) is -0.271. The number of anilines is 1. The van der Waals surface area contributed by atoms with Crippen LogP contribution in [0.25, 0.3) is 0 Å². The molecule has 0 fully saturated rings. The molecule has 0 spiro atoms. The topological polar surface area (TPSA) is 29.3 Å². The lowest BCUT2D eigenvalue weighted by Crippen LogP contribution is -2.24. The van der Waals surface area contributed by atoms with Crippen LogP contribution in [0, 0.1) is 5.82 Å². The monoisotopic (exact) mass is 210 g/mol. The Morgan fingerprint density at radius 2 is 2.07 bits per heavy atom. The second kappa shape index (κ2) is 5.71. The van der Waals surface area contributed by atoms with Gasteiger partial charge in [-0.1, -0.05) is 26.0 Å². The van der Waals surface area contributed by atoms with Crippen molar-refractivity contribution in [3.05, 3.63) is 29.6 Å². The molecule has 0 aliphatic rings. The number of hydrogen-bond donors (Lipinski definition) is 1. The molecule has 1 aromatic rings. The van der Waals surface area contributed by atoms with Gasteiger partial charge in [0.2, 0.25) is 0 Å². The third-order valence-electron chi connectivity index (χ3n) is 2.49. The van der Waals surface area contributed by atoms with Crippen molar-refractivity contribution in [3.8, 4) is 0 Å². The molecule has 0 amide bonds. The van der Waals surface area contributed by atoms with E-state index in [0.29, 0.717) is 12.1 Å². The normalized spacial score (nSPS) is 10.9. The highest BCUT2D eigenvalue weighted by Gasteiger charge is 2.08. The Hall–Kier alpha value is -1.09. The van der Waals surface area contributed by atoms with Crippen LogP contribution >= 0.6 is 0 Å². The summed E-state index contributed by atoms with van der Waals surface area (Å²) in [6, 6.07) is 5.19. The van der Waals surface area contributed by atoms with E-state index in [1.807, 2.05) is 0 Å². The minimum absolute atomic E-state index is 0.236. The molecule has 1 rings (SSSR count). The Balaban J connectivity index is 2.74. The lowest BCUT2D eigenvalue weighted by Gasteiger charge is -2.20. The predicted molar refractivity (Wildman–Crippen MR) is 62.1 cm³/mol. The van der Waals surface area contributed by atoms with E-state index in [4.69, 9.17) is 5.73 Å². The molecule has 0 saturated carbocycles. The molecule has 0 radical (unpaired) electrons. The van der Waals surface area contributed by atoms with Gasteiger partial charge in [-0.25, -0.2) is 4.39 Å². The molecule has 0 atom stereocenters. The molecule has 0 aliphatic heterocycles. The minimum Gasteiger partial charge on any atom is -0.396 e. The fourth-order valence-electron chi connectivity index (χ4n) is 1.63. The molecule has 0 aliphatic carbocycles. The standard InChI is InChI=1S/C12H19FN2/c1-3-8-15(4-2)9-10-6-5-7-11(14)12(10)13/h5-7H,3-4,8-9,14H2,1-2H3. The van der Waals surface area contributed by atoms with Crippen LogP contribution in [0.1, 0.15) is 25.8 Å². The maximum absolute atomic E-state index is 13.6. The maximum Gasteiger partial charge on any atom is 0.150 e. The van der Waals surface area contributed by atoms with Crippen LogP contribution < -0.4 is 5.73 Å². The molecule has 84 valence electrons. The first-order chi connectivity index (χ1) is 7.19. The summed E-state index contributed by atoms with van der Waals surface area (Å²) in [5, 5.41) is 0. The van der Waals surface area contributed by atoms with E-state index in [2.05, 4.69) is 18.7 Å². The molecule has 2 nitrogen and oxygen atoms in total. The zero-order valence-corrected chi connectivity index (χ0v) is 9.46. The number of hydrogen-bond acceptors (Lipinski definition) is 2. The van der Waals surface area contributed by atoms with Gasteiger partial charge in [-0.2, -0.15) is 0 Å². The van der Waals surface area contributed by atoms with Crippen molar-refractivity contribution in [2.75, 3.05) is 18.8 Å². The largest absolute Gasteiger partial charge is 0.396 e. The molecular weight excluding hydrogens is 191 g/mol. The number of rotatable bonds is 5. The van der Waals surface area contributed by atoms with Crippen molar-refractivity contribution >= 4 is 5.69 Å². The molecule has 0 aromatic heterocycles. The Labute approximate surface area is 90.9 Å². The number of benzene rings is 1. The number of nitrogens with zero attached hydrogens (tertiary/aromatic N) is 1. The summed E-state index contributed by atoms with van der Waals surface area (Å²) < 4.78 is 13.6. The third-order valence-corrected chi connectivity index (χ3v) is 2.49. The van der Waals surface area contributed by atoms with E-state index in [0.717, 1.165) is 19.5 Å². The predicted octanol–water partition coefficient (Wildman–Crippen LogP) is 2.64. The van der Waals surface area contributed by atoms with Crippen molar-refractivity contribution in [1.82, 2.24) is 4.90 Å². The van der Waals surface area contributed by atoms with Crippen LogP contribution in [0.2, 0.25) is 0 Å². The van der Waals surface area contributed by atoms with E-state index in [1.165, 1.54) is 0 Å². The lowest BCUT2D eigenvalue weighted by molar-refractivity contribution is 0.276. The average Bonchev–Trinajstić information content (AvgIpc) is 2.24. The quantitative estimate of drug-likeness (QED) is 0.757. The van der Waals surface area contributed by atoms with Gasteiger partial charge in [0.1, 0.15) is 0 Å². The summed E-state index contributed by atoms with van der Waals surface area (Å²) in [6.45, 7) is 6.77. The zero-order valence-electron chi connectivity index (χ0n) is 9.46. The Morgan fingerprint density at radius 3 is 2.67 bits per heavy atom. The lowest BCUT2D eigenvalue weighted by atomic mass is 10.1. The highest BCUT2D eigenvalue weighted by atomic mass is 19.1. The van der Waals surface area contributed by atoms with Crippen molar-refractivity contribution in [1.29, 1.82) is 0 Å². The molecule has 15 heavy (non-hydrogen) atoms. The summed E-state index contributed by atoms with van der Waals surface area (Å²) >= 11 is 0. The third kappa shape index (κ3) is 3.20. The van der Waals surface area contributed by atoms with Crippen LogP contribution in [0.5, 0.6) is 0 Å². The van der Waals surface area contributed by atoms with Crippen LogP contribution in [-0.2, 0) is 6.54 Å². The first kappa shape index (κ1) is 12.0. The van der Waals surface area contributed by atoms with Gasteiger partial charge in [0.15, 0.2) is 5.82 Å². The van der Waals surface area contributed by atoms with E-state index in [1.54, 1.807) is 18.2 Å². The fraction of sp³-hybridized carbons (Fsp3) is 0.500. The minimum atomic E-state index is -0.271. The summed E-state index contributed by atoms with van der Waals surface area (Å²) in [4.78, 5) is 2.21. The highest BCUT2D eigenvalue weighted by molar-refractivity contribution is 5.42. The second-order valence-corrected chi connectivity index (χ2v) is 3.69.